The van der Waals surface area contributed by atoms with Gasteiger partial charge >= 0.3 is 0 Å². The summed E-state index contributed by atoms with van der Waals surface area (Å²) in [5.41, 5.74) is 6.35. The van der Waals surface area contributed by atoms with E-state index in [0.29, 0.717) is 0 Å². The third-order valence-electron chi connectivity index (χ3n) is 2.02. The number of nitrogens with one attached hydrogen (secondary N) is 1. The Labute approximate surface area is 85.1 Å². The minimum absolute atomic E-state index is 0.844. The lowest BCUT2D eigenvalue weighted by molar-refractivity contribution is 0.807. The third-order valence-corrected chi connectivity index (χ3v) is 2.02. The Balaban J connectivity index is 0.000000171. The second kappa shape index (κ2) is 6.22. The number of hydrogen-bond acceptors (Lipinski definition) is 1. The number of para-hydroxylation sites is 1. The number of nitrogens with two attached hydrogens (primary N) is 1. The smallest absolute Gasteiger partial charge is 0.0453 e. The van der Waals surface area contributed by atoms with E-state index in [-0.39, 0.29) is 0 Å². The van der Waals surface area contributed by atoms with Crippen molar-refractivity contribution in [2.75, 3.05) is 6.54 Å². The minimum Gasteiger partial charge on any atom is -0.361 e. The number of H-pyrrole nitrogens is 1. The van der Waals surface area contributed by atoms with Gasteiger partial charge in [0.25, 0.3) is 0 Å². The first-order valence-electron chi connectivity index (χ1n) is 5.10. The largest absolute Gasteiger partial charge is 0.361 e. The topological polar surface area (TPSA) is 41.8 Å². The molecule has 0 aliphatic rings. The van der Waals surface area contributed by atoms with Crippen LogP contribution in [-0.4, -0.2) is 11.5 Å². The lowest BCUT2D eigenvalue weighted by Gasteiger charge is -1.83. The maximum Gasteiger partial charge on any atom is 0.0453 e. The highest BCUT2D eigenvalue weighted by atomic mass is 14.7. The Hall–Kier alpha value is -1.28. The van der Waals surface area contributed by atoms with Crippen molar-refractivity contribution in [1.29, 1.82) is 0 Å². The van der Waals surface area contributed by atoms with Gasteiger partial charge in [0, 0.05) is 11.7 Å². The quantitative estimate of drug-likeness (QED) is 0.751. The molecule has 76 valence electrons. The number of fused-ring (bicyclic) bond motifs is 1. The van der Waals surface area contributed by atoms with Gasteiger partial charge in [-0.05, 0) is 30.5 Å². The first-order valence-corrected chi connectivity index (χ1v) is 5.10. The molecule has 0 radical (unpaired) electrons. The molecule has 0 saturated carbocycles. The number of hydrogen-bond donors (Lipinski definition) is 2. The number of unbranched alkanes of at least 4 members (excludes halogenated alkanes) is 1. The molecule has 2 heteroatoms. The molecule has 1 aromatic carbocycles. The molecule has 0 atom stereocenters. The molecule has 0 spiro atoms. The van der Waals surface area contributed by atoms with Crippen molar-refractivity contribution in [3.05, 3.63) is 36.5 Å². The first-order chi connectivity index (χ1) is 6.88. The van der Waals surface area contributed by atoms with Crippen molar-refractivity contribution in [1.82, 2.24) is 4.98 Å². The SMILES string of the molecule is CCCCN.c1ccc2[nH]ccc2c1. The van der Waals surface area contributed by atoms with E-state index >= 15 is 0 Å². The zero-order chi connectivity index (χ0) is 10.2. The van der Waals surface area contributed by atoms with Crippen molar-refractivity contribution in [2.24, 2.45) is 5.73 Å². The fourth-order valence-electron chi connectivity index (χ4n) is 1.20. The molecule has 14 heavy (non-hydrogen) atoms. The van der Waals surface area contributed by atoms with Gasteiger partial charge in [0.05, 0.1) is 0 Å². The molecule has 3 N–H and O–H groups in total. The molecule has 1 heterocycles. The van der Waals surface area contributed by atoms with Crippen LogP contribution in [-0.2, 0) is 0 Å². The summed E-state index contributed by atoms with van der Waals surface area (Å²) >= 11 is 0. The second-order valence-corrected chi connectivity index (χ2v) is 3.21. The van der Waals surface area contributed by atoms with Crippen LogP contribution in [0.3, 0.4) is 0 Å². The van der Waals surface area contributed by atoms with Crippen molar-refractivity contribution >= 4 is 10.9 Å². The summed E-state index contributed by atoms with van der Waals surface area (Å²) < 4.78 is 0. The number of aromatic amines is 1. The number of rotatable bonds is 2. The van der Waals surface area contributed by atoms with E-state index < -0.39 is 0 Å². The lowest BCUT2D eigenvalue weighted by Crippen LogP contribution is -1.95. The van der Waals surface area contributed by atoms with E-state index in [9.17, 15) is 0 Å². The maximum absolute atomic E-state index is 5.14. The monoisotopic (exact) mass is 190 g/mol. The first kappa shape index (κ1) is 10.8. The molecule has 0 aliphatic heterocycles. The molecule has 0 bridgehead atoms. The highest BCUT2D eigenvalue weighted by Gasteiger charge is 1.86. The molecule has 2 aromatic rings. The van der Waals surface area contributed by atoms with Gasteiger partial charge in [0.2, 0.25) is 0 Å². The van der Waals surface area contributed by atoms with Crippen LogP contribution < -0.4 is 5.73 Å². The van der Waals surface area contributed by atoms with Crippen LogP contribution in [0.25, 0.3) is 10.9 Å². The van der Waals surface area contributed by atoms with E-state index in [0.717, 1.165) is 6.54 Å². The molecule has 0 amide bonds. The minimum atomic E-state index is 0.844. The lowest BCUT2D eigenvalue weighted by atomic mass is 10.3. The molecule has 0 aliphatic carbocycles. The van der Waals surface area contributed by atoms with Gasteiger partial charge in [-0.15, -0.1) is 0 Å². The van der Waals surface area contributed by atoms with Gasteiger partial charge in [-0.2, -0.15) is 0 Å². The van der Waals surface area contributed by atoms with Gasteiger partial charge in [-0.3, -0.25) is 0 Å². The van der Waals surface area contributed by atoms with E-state index in [2.05, 4.69) is 30.1 Å². The van der Waals surface area contributed by atoms with Crippen LogP contribution in [0.2, 0.25) is 0 Å². The van der Waals surface area contributed by atoms with E-state index in [1.165, 1.54) is 23.7 Å². The predicted molar refractivity (Wildman–Crippen MR) is 62.3 cm³/mol. The van der Waals surface area contributed by atoms with Gasteiger partial charge in [0.1, 0.15) is 0 Å². The fraction of sp³-hybridized carbons (Fsp3) is 0.333. The molecule has 0 fully saturated rings. The Morgan fingerprint density at radius 1 is 1.21 bits per heavy atom. The summed E-state index contributed by atoms with van der Waals surface area (Å²) in [4.78, 5) is 3.12. The van der Waals surface area contributed by atoms with E-state index in [1.807, 2.05) is 18.3 Å². The third kappa shape index (κ3) is 3.23. The Morgan fingerprint density at radius 3 is 2.57 bits per heavy atom. The van der Waals surface area contributed by atoms with Crippen molar-refractivity contribution in [2.45, 2.75) is 19.8 Å². The molecular weight excluding hydrogens is 172 g/mol. The Bertz CT molecular complexity index is 320. The molecule has 0 unspecified atom stereocenters. The predicted octanol–water partition coefficient (Wildman–Crippen LogP) is 2.91. The van der Waals surface area contributed by atoms with Gasteiger partial charge in [0.15, 0.2) is 0 Å². The molecule has 2 nitrogen and oxygen atoms in total. The summed E-state index contributed by atoms with van der Waals surface area (Å²) in [6.07, 6.45) is 4.33. The molecule has 2 rings (SSSR count). The summed E-state index contributed by atoms with van der Waals surface area (Å²) in [5.74, 6) is 0. The Kier molecular flexibility index (Phi) is 4.79. The highest BCUT2D eigenvalue weighted by molar-refractivity contribution is 5.78. The fourth-order valence-corrected chi connectivity index (χ4v) is 1.20. The summed E-state index contributed by atoms with van der Waals surface area (Å²) in [5, 5.41) is 1.28. The average Bonchev–Trinajstić information content (AvgIpc) is 2.67. The van der Waals surface area contributed by atoms with Crippen molar-refractivity contribution in [3.63, 3.8) is 0 Å². The Morgan fingerprint density at radius 2 is 2.00 bits per heavy atom. The van der Waals surface area contributed by atoms with Crippen LogP contribution >= 0.6 is 0 Å². The highest BCUT2D eigenvalue weighted by Crippen LogP contribution is 2.09. The van der Waals surface area contributed by atoms with Gasteiger partial charge in [-0.1, -0.05) is 31.5 Å². The summed E-state index contributed by atoms with van der Waals surface area (Å²) in [6.45, 7) is 2.98. The van der Waals surface area contributed by atoms with Crippen LogP contribution in [0.1, 0.15) is 19.8 Å². The van der Waals surface area contributed by atoms with E-state index in [4.69, 9.17) is 5.73 Å². The summed E-state index contributed by atoms with van der Waals surface area (Å²) in [7, 11) is 0. The number of benzene rings is 1. The molecular formula is C12H18N2. The zero-order valence-corrected chi connectivity index (χ0v) is 8.66. The summed E-state index contributed by atoms with van der Waals surface area (Å²) in [6, 6.07) is 10.3. The van der Waals surface area contributed by atoms with Crippen LogP contribution in [0.5, 0.6) is 0 Å². The number of aromatic nitrogens is 1. The normalized spacial score (nSPS) is 9.57. The second-order valence-electron chi connectivity index (χ2n) is 3.21. The molecule has 1 aromatic heterocycles. The van der Waals surface area contributed by atoms with Crippen LogP contribution in [0.15, 0.2) is 36.5 Å². The average molecular weight is 190 g/mol. The van der Waals surface area contributed by atoms with Crippen molar-refractivity contribution < 1.29 is 0 Å². The maximum atomic E-state index is 5.14. The van der Waals surface area contributed by atoms with Crippen LogP contribution in [0, 0.1) is 0 Å². The zero-order valence-electron chi connectivity index (χ0n) is 8.66. The van der Waals surface area contributed by atoms with Gasteiger partial charge < -0.3 is 10.7 Å². The van der Waals surface area contributed by atoms with E-state index in [1.54, 1.807) is 0 Å². The van der Waals surface area contributed by atoms with Crippen molar-refractivity contribution in [3.8, 4) is 0 Å². The molecule has 0 saturated heterocycles. The van der Waals surface area contributed by atoms with Crippen LogP contribution in [0.4, 0.5) is 0 Å². The standard InChI is InChI=1S/C8H7N.C4H11N/c1-2-4-8-7(3-1)5-6-9-8;1-2-3-4-5/h1-6,9H;2-5H2,1H3. The van der Waals surface area contributed by atoms with Gasteiger partial charge in [-0.25, -0.2) is 0 Å².